The Kier molecular flexibility index (Phi) is 3.17. The second-order valence-corrected chi connectivity index (χ2v) is 4.67. The molecule has 3 rings (SSSR count). The molecule has 1 aliphatic rings. The topological polar surface area (TPSA) is 90.7 Å². The number of nitrogens with zero attached hydrogens (tertiary/aromatic N) is 2. The number of aryl methyl sites for hydroxylation is 1. The Bertz CT molecular complexity index is 876. The molecule has 0 fully saturated rings. The van der Waals surface area contributed by atoms with E-state index in [1.54, 1.807) is 25.1 Å². The number of rotatable bonds is 2. The van der Waals surface area contributed by atoms with Gasteiger partial charge < -0.3 is 15.0 Å². The maximum atomic E-state index is 11.4. The van der Waals surface area contributed by atoms with Gasteiger partial charge in [0.25, 0.3) is 0 Å². The molecule has 1 unspecified atom stereocenters. The van der Waals surface area contributed by atoms with E-state index in [-0.39, 0.29) is 5.57 Å². The van der Waals surface area contributed by atoms with Crippen molar-refractivity contribution in [3.8, 4) is 0 Å². The fourth-order valence-electron chi connectivity index (χ4n) is 2.41. The van der Waals surface area contributed by atoms with Gasteiger partial charge in [0.15, 0.2) is 6.23 Å². The first-order chi connectivity index (χ1) is 10.2. The molecule has 1 aromatic carbocycles. The predicted octanol–water partition coefficient (Wildman–Crippen LogP) is 0.128. The van der Waals surface area contributed by atoms with E-state index in [4.69, 9.17) is 15.0 Å². The van der Waals surface area contributed by atoms with Crippen LogP contribution >= 0.6 is 0 Å². The summed E-state index contributed by atoms with van der Waals surface area (Å²) in [6.45, 7) is 1.78. The first-order valence-electron chi connectivity index (χ1n) is 6.34. The molecule has 1 aliphatic heterocycles. The Morgan fingerprint density at radius 1 is 1.43 bits per heavy atom. The van der Waals surface area contributed by atoms with Crippen molar-refractivity contribution < 1.29 is 14.1 Å². The zero-order valence-corrected chi connectivity index (χ0v) is 11.6. The minimum absolute atomic E-state index is 0.260. The number of ether oxygens (including phenoxy) is 1. The maximum Gasteiger partial charge on any atom is 0.185 e. The van der Waals surface area contributed by atoms with Gasteiger partial charge in [-0.05, 0) is 19.1 Å². The van der Waals surface area contributed by atoms with Gasteiger partial charge in [-0.1, -0.05) is 11.2 Å². The van der Waals surface area contributed by atoms with E-state index >= 15 is 0 Å². The summed E-state index contributed by atoms with van der Waals surface area (Å²) in [7, 11) is 1.48. The van der Waals surface area contributed by atoms with Crippen LogP contribution in [-0.2, 0) is 9.53 Å². The van der Waals surface area contributed by atoms with E-state index in [0.717, 1.165) is 0 Å². The molecular formula is C15H13N3O3. The van der Waals surface area contributed by atoms with Crippen LogP contribution < -0.4 is 16.3 Å². The molecule has 2 aromatic rings. The van der Waals surface area contributed by atoms with Crippen LogP contribution in [0.5, 0.6) is 0 Å². The van der Waals surface area contributed by atoms with Gasteiger partial charge in [0.05, 0.1) is 10.9 Å². The SMILES string of the molecule is COC1N=c2cccc(N)c2=C(c2cc(C)on2)C1=C=O. The van der Waals surface area contributed by atoms with Crippen LogP contribution in [0.1, 0.15) is 11.5 Å². The van der Waals surface area contributed by atoms with Crippen LogP contribution in [0.2, 0.25) is 0 Å². The molecule has 0 spiro atoms. The molecule has 2 heterocycles. The molecule has 0 radical (unpaired) electrons. The van der Waals surface area contributed by atoms with Crippen LogP contribution in [0, 0.1) is 6.92 Å². The van der Waals surface area contributed by atoms with Crippen LogP contribution in [0.25, 0.3) is 5.57 Å². The molecular weight excluding hydrogens is 270 g/mol. The summed E-state index contributed by atoms with van der Waals surface area (Å²) in [5, 5.41) is 5.28. The molecule has 0 amide bonds. The molecule has 21 heavy (non-hydrogen) atoms. The van der Waals surface area contributed by atoms with Gasteiger partial charge in [-0.25, -0.2) is 9.79 Å². The lowest BCUT2D eigenvalue weighted by atomic mass is 9.96. The third-order valence-corrected chi connectivity index (χ3v) is 3.31. The fraction of sp³-hybridized carbons (Fsp3) is 0.200. The Hall–Kier alpha value is -2.69. The van der Waals surface area contributed by atoms with Crippen molar-refractivity contribution in [1.29, 1.82) is 0 Å². The number of aromatic nitrogens is 1. The normalized spacial score (nSPS) is 17.1. The fourth-order valence-corrected chi connectivity index (χ4v) is 2.41. The first-order valence-corrected chi connectivity index (χ1v) is 6.34. The first kappa shape index (κ1) is 13.3. The summed E-state index contributed by atoms with van der Waals surface area (Å²) >= 11 is 0. The highest BCUT2D eigenvalue weighted by Gasteiger charge is 2.26. The minimum atomic E-state index is -0.733. The largest absolute Gasteiger partial charge is 0.398 e. The number of nitrogens with two attached hydrogens (primary N) is 1. The van der Waals surface area contributed by atoms with Gasteiger partial charge >= 0.3 is 0 Å². The summed E-state index contributed by atoms with van der Waals surface area (Å²) in [4.78, 5) is 15.8. The highest BCUT2D eigenvalue weighted by molar-refractivity contribution is 5.88. The van der Waals surface area contributed by atoms with Crippen LogP contribution in [0.15, 0.2) is 39.4 Å². The van der Waals surface area contributed by atoms with E-state index in [1.807, 2.05) is 12.0 Å². The van der Waals surface area contributed by atoms with E-state index in [2.05, 4.69) is 10.1 Å². The van der Waals surface area contributed by atoms with Crippen molar-refractivity contribution in [3.05, 3.63) is 51.9 Å². The number of carbonyl (C=O) groups excluding carboxylic acids is 1. The van der Waals surface area contributed by atoms with E-state index in [1.165, 1.54) is 7.11 Å². The average molecular weight is 283 g/mol. The Balaban J connectivity index is 2.49. The van der Waals surface area contributed by atoms with Gasteiger partial charge in [0.1, 0.15) is 17.4 Å². The van der Waals surface area contributed by atoms with Crippen molar-refractivity contribution in [3.63, 3.8) is 0 Å². The summed E-state index contributed by atoms with van der Waals surface area (Å²) < 4.78 is 10.4. The quantitative estimate of drug-likeness (QED) is 0.625. The molecule has 1 aromatic heterocycles. The number of methoxy groups -OCH3 is 1. The molecule has 0 aliphatic carbocycles. The lowest BCUT2D eigenvalue weighted by Gasteiger charge is -2.18. The number of benzene rings is 1. The zero-order valence-electron chi connectivity index (χ0n) is 11.6. The second kappa shape index (κ2) is 5.01. The van der Waals surface area contributed by atoms with Crippen molar-refractivity contribution >= 4 is 17.2 Å². The highest BCUT2D eigenvalue weighted by atomic mass is 16.5. The highest BCUT2D eigenvalue weighted by Crippen LogP contribution is 2.24. The minimum Gasteiger partial charge on any atom is -0.398 e. The summed E-state index contributed by atoms with van der Waals surface area (Å²) in [5.41, 5.74) is 7.89. The van der Waals surface area contributed by atoms with Crippen LogP contribution in [0.4, 0.5) is 5.69 Å². The van der Waals surface area contributed by atoms with Crippen molar-refractivity contribution in [2.45, 2.75) is 13.2 Å². The Labute approximate surface area is 120 Å². The molecule has 0 bridgehead atoms. The van der Waals surface area contributed by atoms with Crippen molar-refractivity contribution in [1.82, 2.24) is 5.16 Å². The second-order valence-electron chi connectivity index (χ2n) is 4.67. The molecule has 6 nitrogen and oxygen atoms in total. The van der Waals surface area contributed by atoms with Gasteiger partial charge in [0, 0.05) is 29.7 Å². The van der Waals surface area contributed by atoms with Gasteiger partial charge in [-0.15, -0.1) is 0 Å². The van der Waals surface area contributed by atoms with E-state index in [9.17, 15) is 4.79 Å². The molecule has 2 N–H and O–H groups in total. The van der Waals surface area contributed by atoms with Gasteiger partial charge in [0.2, 0.25) is 0 Å². The molecule has 1 atom stereocenters. The Morgan fingerprint density at radius 2 is 2.24 bits per heavy atom. The average Bonchev–Trinajstić information content (AvgIpc) is 2.91. The van der Waals surface area contributed by atoms with E-state index < -0.39 is 6.23 Å². The number of anilines is 1. The molecule has 106 valence electrons. The lowest BCUT2D eigenvalue weighted by Crippen LogP contribution is -2.38. The van der Waals surface area contributed by atoms with Crippen molar-refractivity contribution in [2.75, 3.05) is 12.8 Å². The third-order valence-electron chi connectivity index (χ3n) is 3.31. The maximum absolute atomic E-state index is 11.4. The van der Waals surface area contributed by atoms with E-state index in [0.29, 0.717) is 33.3 Å². The molecule has 0 saturated carbocycles. The smallest absolute Gasteiger partial charge is 0.185 e. The number of hydrogen-bond acceptors (Lipinski definition) is 6. The van der Waals surface area contributed by atoms with Gasteiger partial charge in [-0.2, -0.15) is 0 Å². The Morgan fingerprint density at radius 3 is 2.86 bits per heavy atom. The summed E-state index contributed by atoms with van der Waals surface area (Å²) in [6.07, 6.45) is -0.733. The summed E-state index contributed by atoms with van der Waals surface area (Å²) in [6, 6.07) is 7.09. The molecule has 0 saturated heterocycles. The van der Waals surface area contributed by atoms with Crippen molar-refractivity contribution in [2.24, 2.45) is 4.99 Å². The monoisotopic (exact) mass is 283 g/mol. The predicted molar refractivity (Wildman–Crippen MR) is 75.4 cm³/mol. The third kappa shape index (κ3) is 2.07. The van der Waals surface area contributed by atoms with Gasteiger partial charge in [-0.3, -0.25) is 0 Å². The van der Waals surface area contributed by atoms with Crippen LogP contribution in [-0.4, -0.2) is 24.4 Å². The number of hydrogen-bond donors (Lipinski definition) is 1. The number of nitrogen functional groups attached to an aromatic ring is 1. The lowest BCUT2D eigenvalue weighted by molar-refractivity contribution is 0.139. The number of fused-ring (bicyclic) bond motifs is 1. The summed E-state index contributed by atoms with van der Waals surface area (Å²) in [5.74, 6) is 2.54. The standard InChI is InChI=1S/C15H13N3O3/c1-8-6-12(18-21-8)13-9(7-19)15(20-2)17-11-5-3-4-10(16)14(11)13/h3-6,15H,16H2,1-2H3. The molecule has 6 heteroatoms. The van der Waals surface area contributed by atoms with Crippen LogP contribution in [0.3, 0.4) is 0 Å². The zero-order chi connectivity index (χ0) is 15.0.